The molecule has 0 aromatic heterocycles. The molecular formula is C18H23FN2O. The summed E-state index contributed by atoms with van der Waals surface area (Å²) in [5.41, 5.74) is 0.737. The molecule has 0 radical (unpaired) electrons. The molecule has 3 fully saturated rings. The Kier molecular flexibility index (Phi) is 3.44. The largest absolute Gasteiger partial charge is 0.338 e. The van der Waals surface area contributed by atoms with Crippen LogP contribution in [0, 0.1) is 17.2 Å². The molecule has 1 spiro atoms. The lowest BCUT2D eigenvalue weighted by atomic mass is 9.85. The molecule has 3 nitrogen and oxygen atoms in total. The Hall–Kier alpha value is -1.42. The summed E-state index contributed by atoms with van der Waals surface area (Å²) in [6.07, 6.45) is 4.69. The van der Waals surface area contributed by atoms with Crippen molar-refractivity contribution in [3.63, 3.8) is 0 Å². The van der Waals surface area contributed by atoms with Crippen LogP contribution in [-0.4, -0.2) is 41.9 Å². The molecule has 0 bridgehead atoms. The molecule has 1 aromatic rings. The van der Waals surface area contributed by atoms with Gasteiger partial charge in [-0.2, -0.15) is 0 Å². The van der Waals surface area contributed by atoms with Crippen molar-refractivity contribution < 1.29 is 9.18 Å². The standard InChI is InChI=1S/C18H23FN2O/c19-16-3-1-2-15(10-16)12-21-9-7-18(17(21)22)6-8-20(13-18)11-14-4-5-14/h1-3,10,14H,4-9,11-13H2/t18-/m1/s1. The first-order valence-electron chi connectivity index (χ1n) is 8.41. The van der Waals surface area contributed by atoms with Crippen LogP contribution in [0.4, 0.5) is 4.39 Å². The molecule has 2 saturated heterocycles. The highest BCUT2D eigenvalue weighted by Gasteiger charge is 2.50. The number of benzene rings is 1. The summed E-state index contributed by atoms with van der Waals surface area (Å²) in [5, 5.41) is 0. The van der Waals surface area contributed by atoms with Gasteiger partial charge in [0.05, 0.1) is 5.41 Å². The van der Waals surface area contributed by atoms with Gasteiger partial charge in [-0.1, -0.05) is 12.1 Å². The SMILES string of the molecule is O=C1N(Cc2cccc(F)c2)CC[C@@]12CCN(CC1CC1)C2. The maximum Gasteiger partial charge on any atom is 0.230 e. The lowest BCUT2D eigenvalue weighted by Crippen LogP contribution is -2.37. The van der Waals surface area contributed by atoms with Crippen LogP contribution in [0.3, 0.4) is 0 Å². The highest BCUT2D eigenvalue weighted by atomic mass is 19.1. The first-order valence-corrected chi connectivity index (χ1v) is 8.41. The van der Waals surface area contributed by atoms with Gasteiger partial charge in [-0.15, -0.1) is 0 Å². The van der Waals surface area contributed by atoms with Crippen molar-refractivity contribution in [3.05, 3.63) is 35.6 Å². The quantitative estimate of drug-likeness (QED) is 0.854. The van der Waals surface area contributed by atoms with Crippen molar-refractivity contribution in [1.82, 2.24) is 9.80 Å². The van der Waals surface area contributed by atoms with Gasteiger partial charge in [0.2, 0.25) is 5.91 Å². The molecule has 1 amide bonds. The lowest BCUT2D eigenvalue weighted by molar-refractivity contribution is -0.136. The fraction of sp³-hybridized carbons (Fsp3) is 0.611. The Labute approximate surface area is 131 Å². The van der Waals surface area contributed by atoms with Gasteiger partial charge in [-0.25, -0.2) is 4.39 Å². The summed E-state index contributed by atoms with van der Waals surface area (Å²) in [4.78, 5) is 17.3. The molecule has 118 valence electrons. The first-order chi connectivity index (χ1) is 10.6. The zero-order valence-electron chi connectivity index (χ0n) is 12.9. The van der Waals surface area contributed by atoms with E-state index in [1.165, 1.54) is 31.5 Å². The number of rotatable bonds is 4. The summed E-state index contributed by atoms with van der Waals surface area (Å²) >= 11 is 0. The van der Waals surface area contributed by atoms with Gasteiger partial charge < -0.3 is 9.80 Å². The van der Waals surface area contributed by atoms with E-state index in [0.717, 1.165) is 44.0 Å². The van der Waals surface area contributed by atoms with Crippen molar-refractivity contribution in [2.24, 2.45) is 11.3 Å². The van der Waals surface area contributed by atoms with E-state index in [1.807, 2.05) is 11.0 Å². The van der Waals surface area contributed by atoms with Crippen LogP contribution in [0.1, 0.15) is 31.2 Å². The highest BCUT2D eigenvalue weighted by Crippen LogP contribution is 2.42. The number of nitrogens with zero attached hydrogens (tertiary/aromatic N) is 2. The average molecular weight is 302 g/mol. The van der Waals surface area contributed by atoms with Gasteiger partial charge in [-0.3, -0.25) is 4.79 Å². The number of carbonyl (C=O) groups is 1. The van der Waals surface area contributed by atoms with Gasteiger partial charge in [0, 0.05) is 26.2 Å². The third-order valence-corrected chi connectivity index (χ3v) is 5.51. The van der Waals surface area contributed by atoms with E-state index in [-0.39, 0.29) is 17.1 Å². The molecule has 1 atom stereocenters. The minimum Gasteiger partial charge on any atom is -0.338 e. The van der Waals surface area contributed by atoms with E-state index in [9.17, 15) is 9.18 Å². The number of hydrogen-bond acceptors (Lipinski definition) is 2. The molecule has 22 heavy (non-hydrogen) atoms. The zero-order valence-corrected chi connectivity index (χ0v) is 12.9. The second kappa shape index (κ2) is 5.34. The Morgan fingerprint density at radius 2 is 2.05 bits per heavy atom. The third-order valence-electron chi connectivity index (χ3n) is 5.51. The topological polar surface area (TPSA) is 23.6 Å². The summed E-state index contributed by atoms with van der Waals surface area (Å²) in [7, 11) is 0. The monoisotopic (exact) mass is 302 g/mol. The number of hydrogen-bond donors (Lipinski definition) is 0. The van der Waals surface area contributed by atoms with Crippen LogP contribution in [0.2, 0.25) is 0 Å². The second-order valence-electron chi connectivity index (χ2n) is 7.32. The Balaban J connectivity index is 1.41. The molecule has 1 aliphatic carbocycles. The van der Waals surface area contributed by atoms with Crippen LogP contribution in [-0.2, 0) is 11.3 Å². The first kappa shape index (κ1) is 14.2. The predicted octanol–water partition coefficient (Wildman–Crippen LogP) is 2.66. The molecule has 3 aliphatic rings. The van der Waals surface area contributed by atoms with E-state index in [2.05, 4.69) is 4.90 Å². The fourth-order valence-electron chi connectivity index (χ4n) is 4.06. The van der Waals surface area contributed by atoms with Crippen LogP contribution in [0.5, 0.6) is 0 Å². The normalized spacial score (nSPS) is 29.0. The Morgan fingerprint density at radius 1 is 1.23 bits per heavy atom. The molecule has 0 unspecified atom stereocenters. The zero-order chi connectivity index (χ0) is 15.2. The molecule has 1 saturated carbocycles. The summed E-state index contributed by atoms with van der Waals surface area (Å²) in [5.74, 6) is 0.945. The minimum absolute atomic E-state index is 0.151. The predicted molar refractivity (Wildman–Crippen MR) is 82.6 cm³/mol. The highest BCUT2D eigenvalue weighted by molar-refractivity contribution is 5.85. The lowest BCUT2D eigenvalue weighted by Gasteiger charge is -2.24. The van der Waals surface area contributed by atoms with Crippen LogP contribution >= 0.6 is 0 Å². The summed E-state index contributed by atoms with van der Waals surface area (Å²) in [6, 6.07) is 6.60. The van der Waals surface area contributed by atoms with Crippen LogP contribution in [0.15, 0.2) is 24.3 Å². The van der Waals surface area contributed by atoms with Gasteiger partial charge >= 0.3 is 0 Å². The Bertz CT molecular complexity index is 586. The molecular weight excluding hydrogens is 279 g/mol. The van der Waals surface area contributed by atoms with Gasteiger partial charge in [0.15, 0.2) is 0 Å². The van der Waals surface area contributed by atoms with Gasteiger partial charge in [-0.05, 0) is 55.8 Å². The third kappa shape index (κ3) is 2.65. The summed E-state index contributed by atoms with van der Waals surface area (Å²) < 4.78 is 13.3. The van der Waals surface area contributed by atoms with Gasteiger partial charge in [0.1, 0.15) is 5.82 Å². The molecule has 2 aliphatic heterocycles. The fourth-order valence-corrected chi connectivity index (χ4v) is 4.06. The van der Waals surface area contributed by atoms with Crippen LogP contribution in [0.25, 0.3) is 0 Å². The van der Waals surface area contributed by atoms with Gasteiger partial charge in [0.25, 0.3) is 0 Å². The van der Waals surface area contributed by atoms with Crippen molar-refractivity contribution in [1.29, 1.82) is 0 Å². The number of halogens is 1. The van der Waals surface area contributed by atoms with Crippen molar-refractivity contribution in [3.8, 4) is 0 Å². The number of amides is 1. The average Bonchev–Trinajstić information content (AvgIpc) is 3.14. The Morgan fingerprint density at radius 3 is 2.82 bits per heavy atom. The molecule has 1 aromatic carbocycles. The van der Waals surface area contributed by atoms with E-state index in [1.54, 1.807) is 6.07 Å². The maximum absolute atomic E-state index is 13.3. The van der Waals surface area contributed by atoms with Crippen molar-refractivity contribution in [2.45, 2.75) is 32.2 Å². The minimum atomic E-state index is -0.227. The van der Waals surface area contributed by atoms with E-state index in [4.69, 9.17) is 0 Å². The second-order valence-corrected chi connectivity index (χ2v) is 7.32. The summed E-state index contributed by atoms with van der Waals surface area (Å²) in [6.45, 7) is 4.53. The van der Waals surface area contributed by atoms with E-state index < -0.39 is 0 Å². The number of carbonyl (C=O) groups excluding carboxylic acids is 1. The van der Waals surface area contributed by atoms with Crippen molar-refractivity contribution in [2.75, 3.05) is 26.2 Å². The smallest absolute Gasteiger partial charge is 0.230 e. The van der Waals surface area contributed by atoms with E-state index in [0.29, 0.717) is 6.54 Å². The van der Waals surface area contributed by atoms with Crippen LogP contribution < -0.4 is 0 Å². The van der Waals surface area contributed by atoms with Crippen molar-refractivity contribution >= 4 is 5.91 Å². The van der Waals surface area contributed by atoms with E-state index >= 15 is 0 Å². The number of likely N-dealkylation sites (tertiary alicyclic amines) is 2. The molecule has 2 heterocycles. The molecule has 4 heteroatoms. The molecule has 4 rings (SSSR count). The molecule has 0 N–H and O–H groups in total. The maximum atomic E-state index is 13.3.